The van der Waals surface area contributed by atoms with Crippen LogP contribution < -0.4 is 0 Å². The number of nitrogens with zero attached hydrogens (tertiary/aromatic N) is 4. The van der Waals surface area contributed by atoms with Crippen molar-refractivity contribution in [2.75, 3.05) is 19.8 Å². The van der Waals surface area contributed by atoms with Crippen LogP contribution in [-0.2, 0) is 17.7 Å². The van der Waals surface area contributed by atoms with Crippen LogP contribution in [0.15, 0.2) is 29.0 Å². The molecule has 0 spiro atoms. The zero-order valence-corrected chi connectivity index (χ0v) is 16.1. The summed E-state index contributed by atoms with van der Waals surface area (Å²) in [5.41, 5.74) is 1.27. The summed E-state index contributed by atoms with van der Waals surface area (Å²) in [6.07, 6.45) is 13.3. The summed E-state index contributed by atoms with van der Waals surface area (Å²) >= 11 is 0. The van der Waals surface area contributed by atoms with E-state index in [1.165, 1.54) is 44.1 Å². The summed E-state index contributed by atoms with van der Waals surface area (Å²) < 4.78 is 11.5. The number of hydrogen-bond acceptors (Lipinski definition) is 6. The normalized spacial score (nSPS) is 21.7. The third-order valence-electron chi connectivity index (χ3n) is 5.82. The van der Waals surface area contributed by atoms with E-state index >= 15 is 0 Å². The lowest BCUT2D eigenvalue weighted by molar-refractivity contribution is 0.102. The van der Waals surface area contributed by atoms with Crippen molar-refractivity contribution in [2.24, 2.45) is 5.92 Å². The van der Waals surface area contributed by atoms with Crippen molar-refractivity contribution in [3.05, 3.63) is 41.8 Å². The molecule has 1 saturated heterocycles. The van der Waals surface area contributed by atoms with Gasteiger partial charge in [-0.1, -0.05) is 24.4 Å². The van der Waals surface area contributed by atoms with Gasteiger partial charge in [0.2, 0.25) is 5.89 Å². The van der Waals surface area contributed by atoms with E-state index in [-0.39, 0.29) is 6.04 Å². The zero-order valence-electron chi connectivity index (χ0n) is 16.1. The largest absolute Gasteiger partial charge is 0.381 e. The first kappa shape index (κ1) is 18.6. The highest BCUT2D eigenvalue weighted by atomic mass is 16.5. The molecule has 4 rings (SSSR count). The fourth-order valence-electron chi connectivity index (χ4n) is 4.28. The van der Waals surface area contributed by atoms with Gasteiger partial charge in [-0.25, -0.2) is 0 Å². The molecule has 6 nitrogen and oxygen atoms in total. The van der Waals surface area contributed by atoms with E-state index in [4.69, 9.17) is 9.26 Å². The Bertz CT molecular complexity index is 684. The molecular weight excluding hydrogens is 340 g/mol. The highest BCUT2D eigenvalue weighted by Gasteiger charge is 2.28. The number of rotatable bonds is 8. The van der Waals surface area contributed by atoms with Crippen molar-refractivity contribution < 1.29 is 9.26 Å². The van der Waals surface area contributed by atoms with Crippen molar-refractivity contribution in [3.8, 4) is 0 Å². The first-order chi connectivity index (χ1) is 13.4. The zero-order chi connectivity index (χ0) is 18.3. The van der Waals surface area contributed by atoms with E-state index in [1.54, 1.807) is 0 Å². The Morgan fingerprint density at radius 2 is 1.89 bits per heavy atom. The molecule has 6 heteroatoms. The van der Waals surface area contributed by atoms with Crippen LogP contribution in [-0.4, -0.2) is 39.8 Å². The quantitative estimate of drug-likeness (QED) is 0.656. The molecule has 0 bridgehead atoms. The van der Waals surface area contributed by atoms with Gasteiger partial charge in [-0.15, -0.1) is 0 Å². The summed E-state index contributed by atoms with van der Waals surface area (Å²) in [5.74, 6) is 2.29. The van der Waals surface area contributed by atoms with Gasteiger partial charge in [-0.3, -0.25) is 9.88 Å². The monoisotopic (exact) mass is 370 g/mol. The minimum absolute atomic E-state index is 0.215. The first-order valence-corrected chi connectivity index (χ1v) is 10.4. The fourth-order valence-corrected chi connectivity index (χ4v) is 4.28. The third kappa shape index (κ3) is 5.14. The highest BCUT2D eigenvalue weighted by molar-refractivity contribution is 5.10. The average Bonchev–Trinajstić information content (AvgIpc) is 3.39. The van der Waals surface area contributed by atoms with Gasteiger partial charge in [0.1, 0.15) is 0 Å². The van der Waals surface area contributed by atoms with E-state index in [2.05, 4.69) is 32.2 Å². The molecule has 1 unspecified atom stereocenters. The highest BCUT2D eigenvalue weighted by Crippen LogP contribution is 2.31. The van der Waals surface area contributed by atoms with Crippen molar-refractivity contribution in [3.63, 3.8) is 0 Å². The van der Waals surface area contributed by atoms with E-state index in [0.29, 0.717) is 6.61 Å². The second-order valence-corrected chi connectivity index (χ2v) is 7.86. The van der Waals surface area contributed by atoms with Gasteiger partial charge < -0.3 is 9.26 Å². The molecule has 1 aliphatic carbocycles. The number of hydrogen-bond donors (Lipinski definition) is 0. The first-order valence-electron chi connectivity index (χ1n) is 10.4. The van der Waals surface area contributed by atoms with Crippen LogP contribution in [0.25, 0.3) is 0 Å². The maximum absolute atomic E-state index is 5.84. The molecule has 2 fully saturated rings. The molecule has 146 valence electrons. The van der Waals surface area contributed by atoms with Crippen LogP contribution in [0.1, 0.15) is 68.3 Å². The lowest BCUT2D eigenvalue weighted by atomic mass is 10.0. The Morgan fingerprint density at radius 1 is 1.07 bits per heavy atom. The molecule has 0 amide bonds. The van der Waals surface area contributed by atoms with Crippen LogP contribution in [0.2, 0.25) is 0 Å². The summed E-state index contributed by atoms with van der Waals surface area (Å²) in [5, 5.41) is 4.20. The van der Waals surface area contributed by atoms with Crippen LogP contribution in [0.5, 0.6) is 0 Å². The summed E-state index contributed by atoms with van der Waals surface area (Å²) in [6.45, 7) is 3.53. The van der Waals surface area contributed by atoms with Crippen molar-refractivity contribution in [1.82, 2.24) is 20.0 Å². The summed E-state index contributed by atoms with van der Waals surface area (Å²) in [6, 6.07) is 4.37. The third-order valence-corrected chi connectivity index (χ3v) is 5.82. The standard InChI is InChI=1S/C21H30N4O2/c1-2-6-18(5-1)16-26-14-10-20-23-21(27-24-20)19-7-3-4-13-25(19)15-17-8-11-22-12-9-17/h8-9,11-12,18-19H,1-7,10,13-16H2. The molecule has 27 heavy (non-hydrogen) atoms. The van der Waals surface area contributed by atoms with Gasteiger partial charge in [0.25, 0.3) is 0 Å². The average molecular weight is 370 g/mol. The van der Waals surface area contributed by atoms with Gasteiger partial charge in [-0.2, -0.15) is 4.98 Å². The molecule has 1 saturated carbocycles. The minimum Gasteiger partial charge on any atom is -0.381 e. The number of ether oxygens (including phenoxy) is 1. The van der Waals surface area contributed by atoms with Gasteiger partial charge in [0.05, 0.1) is 12.6 Å². The number of aromatic nitrogens is 3. The molecule has 2 aromatic rings. The Morgan fingerprint density at radius 3 is 2.74 bits per heavy atom. The predicted octanol–water partition coefficient (Wildman–Crippen LogP) is 3.94. The minimum atomic E-state index is 0.215. The Hall–Kier alpha value is -1.79. The van der Waals surface area contributed by atoms with Crippen LogP contribution in [0.4, 0.5) is 0 Å². The molecule has 1 aliphatic heterocycles. The summed E-state index contributed by atoms with van der Waals surface area (Å²) in [7, 11) is 0. The van der Waals surface area contributed by atoms with Crippen LogP contribution in [0.3, 0.4) is 0 Å². The van der Waals surface area contributed by atoms with Gasteiger partial charge in [0, 0.05) is 32.0 Å². The molecule has 2 aliphatic rings. The van der Waals surface area contributed by atoms with Crippen LogP contribution >= 0.6 is 0 Å². The Kier molecular flexibility index (Phi) is 6.48. The lowest BCUT2D eigenvalue weighted by Crippen LogP contribution is -2.33. The smallest absolute Gasteiger partial charge is 0.244 e. The molecule has 0 N–H and O–H groups in total. The van der Waals surface area contributed by atoms with Gasteiger partial charge in [-0.05, 0) is 55.8 Å². The molecule has 0 radical (unpaired) electrons. The molecule has 2 aromatic heterocycles. The van der Waals surface area contributed by atoms with E-state index < -0.39 is 0 Å². The van der Waals surface area contributed by atoms with E-state index in [0.717, 1.165) is 50.2 Å². The SMILES string of the molecule is c1cc(CN2CCCCC2c2nc(CCOCC3CCCC3)no2)ccn1. The maximum Gasteiger partial charge on any atom is 0.244 e. The Labute approximate surface area is 161 Å². The topological polar surface area (TPSA) is 64.3 Å². The molecular formula is C21H30N4O2. The molecule has 3 heterocycles. The van der Waals surface area contributed by atoms with E-state index in [1.807, 2.05) is 12.4 Å². The van der Waals surface area contributed by atoms with Crippen LogP contribution in [0, 0.1) is 5.92 Å². The second-order valence-electron chi connectivity index (χ2n) is 7.86. The Balaban J connectivity index is 1.30. The lowest BCUT2D eigenvalue weighted by Gasteiger charge is -2.33. The number of likely N-dealkylation sites (tertiary alicyclic amines) is 1. The number of pyridine rings is 1. The van der Waals surface area contributed by atoms with Crippen molar-refractivity contribution in [2.45, 2.75) is 64.0 Å². The van der Waals surface area contributed by atoms with Gasteiger partial charge >= 0.3 is 0 Å². The summed E-state index contributed by atoms with van der Waals surface area (Å²) in [4.78, 5) is 11.2. The predicted molar refractivity (Wildman–Crippen MR) is 102 cm³/mol. The van der Waals surface area contributed by atoms with Gasteiger partial charge in [0.15, 0.2) is 5.82 Å². The van der Waals surface area contributed by atoms with Crippen molar-refractivity contribution >= 4 is 0 Å². The van der Waals surface area contributed by atoms with E-state index in [9.17, 15) is 0 Å². The second kappa shape index (κ2) is 9.42. The fraction of sp³-hybridized carbons (Fsp3) is 0.667. The number of piperidine rings is 1. The van der Waals surface area contributed by atoms with Crippen molar-refractivity contribution in [1.29, 1.82) is 0 Å². The molecule has 1 atom stereocenters. The molecule has 0 aromatic carbocycles. The maximum atomic E-state index is 5.84.